The largest absolute Gasteiger partial charge is 0.456 e. The van der Waals surface area contributed by atoms with Crippen LogP contribution in [0.2, 0.25) is 0 Å². The summed E-state index contributed by atoms with van der Waals surface area (Å²) in [6.45, 7) is 0. The highest BCUT2D eigenvalue weighted by Gasteiger charge is 2.33. The number of para-hydroxylation sites is 3. The first-order valence-corrected chi connectivity index (χ1v) is 18.2. The molecule has 3 atom stereocenters. The summed E-state index contributed by atoms with van der Waals surface area (Å²) in [6.07, 6.45) is -0.544. The Hall–Kier alpha value is -5.76. The van der Waals surface area contributed by atoms with E-state index in [1.165, 1.54) is 25.7 Å². The maximum absolute atomic E-state index is 7.03. The zero-order valence-electron chi connectivity index (χ0n) is 27.4. The number of hydrogen-bond donors (Lipinski definition) is 3. The Labute approximate surface area is 297 Å². The van der Waals surface area contributed by atoms with Crippen LogP contribution in [0.4, 0.5) is 0 Å². The molecule has 0 amide bonds. The molecule has 5 nitrogen and oxygen atoms in total. The highest BCUT2D eigenvalue weighted by Crippen LogP contribution is 2.45. The third kappa shape index (κ3) is 4.51. The molecular weight excluding hydrogens is 647 g/mol. The Morgan fingerprint density at radius 3 is 1.90 bits per heavy atom. The van der Waals surface area contributed by atoms with Gasteiger partial charge in [0.05, 0.1) is 18.5 Å². The van der Waals surface area contributed by atoms with Crippen LogP contribution in [0.15, 0.2) is 160 Å². The molecule has 1 fully saturated rings. The van der Waals surface area contributed by atoms with Gasteiger partial charge in [0.25, 0.3) is 0 Å². The quantitative estimate of drug-likeness (QED) is 0.173. The maximum atomic E-state index is 7.03. The van der Waals surface area contributed by atoms with E-state index in [0.717, 1.165) is 66.1 Å². The van der Waals surface area contributed by atoms with Crippen molar-refractivity contribution in [1.82, 2.24) is 16.0 Å². The van der Waals surface area contributed by atoms with Crippen LogP contribution >= 0.6 is 11.3 Å². The molecule has 11 rings (SSSR count). The molecule has 4 heterocycles. The Kier molecular flexibility index (Phi) is 6.48. The molecule has 51 heavy (non-hydrogen) atoms. The fourth-order valence-electron chi connectivity index (χ4n) is 8.12. The third-order valence-electron chi connectivity index (χ3n) is 10.4. The van der Waals surface area contributed by atoms with E-state index in [9.17, 15) is 0 Å². The van der Waals surface area contributed by atoms with Crippen molar-refractivity contribution in [3.05, 3.63) is 168 Å². The van der Waals surface area contributed by atoms with Gasteiger partial charge in [-0.15, -0.1) is 11.3 Å². The summed E-state index contributed by atoms with van der Waals surface area (Å²) >= 11 is 1.85. The minimum absolute atomic E-state index is 0.128. The summed E-state index contributed by atoms with van der Waals surface area (Å²) in [7, 11) is 0. The number of rotatable bonds is 4. The first-order valence-electron chi connectivity index (χ1n) is 17.4. The average Bonchev–Trinajstić information content (AvgIpc) is 3.89. The van der Waals surface area contributed by atoms with E-state index in [1.807, 2.05) is 23.5 Å². The summed E-state index contributed by atoms with van der Waals surface area (Å²) in [6, 6.07) is 53.5. The lowest BCUT2D eigenvalue weighted by molar-refractivity contribution is 0.204. The lowest BCUT2D eigenvalue weighted by atomic mass is 9.99. The molecule has 0 bridgehead atoms. The standard InChI is InChI=1S/C45H31N3O2S/c1-2-12-26(13-3-1)43-46-44(34-21-11-24-37-39(34)33-15-4-6-23-36(33)49-37)48-45(47-43)35-22-9-17-29-28-16-8-18-30(40(28)50-41(29)35)32-20-10-19-31-27-14-5-7-25-38(27)51-42(31)32/h1-25,43-48H. The van der Waals surface area contributed by atoms with Crippen LogP contribution in [-0.4, -0.2) is 0 Å². The van der Waals surface area contributed by atoms with Crippen LogP contribution in [0.3, 0.4) is 0 Å². The molecular formula is C45H31N3O2S. The highest BCUT2D eigenvalue weighted by atomic mass is 32.1. The lowest BCUT2D eigenvalue weighted by Crippen LogP contribution is -2.54. The fraction of sp³-hybridized carbons (Fsp3) is 0.0667. The van der Waals surface area contributed by atoms with Crippen LogP contribution in [-0.2, 0) is 0 Å². The zero-order chi connectivity index (χ0) is 33.5. The van der Waals surface area contributed by atoms with E-state index in [4.69, 9.17) is 8.83 Å². The molecule has 0 aliphatic carbocycles. The van der Waals surface area contributed by atoms with E-state index in [2.05, 4.69) is 155 Å². The molecule has 6 heteroatoms. The van der Waals surface area contributed by atoms with Gasteiger partial charge in [0.15, 0.2) is 0 Å². The van der Waals surface area contributed by atoms with E-state index in [0.29, 0.717) is 0 Å². The van der Waals surface area contributed by atoms with Crippen molar-refractivity contribution >= 4 is 75.4 Å². The van der Waals surface area contributed by atoms with Gasteiger partial charge in [0.2, 0.25) is 0 Å². The number of furan rings is 2. The van der Waals surface area contributed by atoms with Crippen molar-refractivity contribution in [3.63, 3.8) is 0 Å². The van der Waals surface area contributed by atoms with Crippen molar-refractivity contribution < 1.29 is 8.83 Å². The SMILES string of the molecule is c1ccc(C2NC(c3cccc4c3oc3c(-c5cccc6c5sc5ccccc56)cccc34)NC(c3cccc4oc5ccccc5c34)N2)cc1. The lowest BCUT2D eigenvalue weighted by Gasteiger charge is -2.39. The minimum atomic E-state index is -0.228. The van der Waals surface area contributed by atoms with E-state index < -0.39 is 0 Å². The Bertz CT molecular complexity index is 2940. The normalized spacial score (nSPS) is 18.2. The van der Waals surface area contributed by atoms with Crippen LogP contribution < -0.4 is 16.0 Å². The Morgan fingerprint density at radius 2 is 1.02 bits per heavy atom. The van der Waals surface area contributed by atoms with Gasteiger partial charge in [-0.3, -0.25) is 16.0 Å². The number of hydrogen-bond acceptors (Lipinski definition) is 6. The Balaban J connectivity index is 1.08. The fourth-order valence-corrected chi connectivity index (χ4v) is 9.36. The molecule has 0 radical (unpaired) electrons. The molecule has 1 aliphatic rings. The third-order valence-corrected chi connectivity index (χ3v) is 11.7. The smallest absolute Gasteiger partial charge is 0.143 e. The summed E-state index contributed by atoms with van der Waals surface area (Å²) in [4.78, 5) is 0. The first-order chi connectivity index (χ1) is 25.3. The van der Waals surface area contributed by atoms with E-state index in [-0.39, 0.29) is 18.5 Å². The van der Waals surface area contributed by atoms with Gasteiger partial charge in [0, 0.05) is 58.4 Å². The van der Waals surface area contributed by atoms with Crippen molar-refractivity contribution in [1.29, 1.82) is 0 Å². The zero-order valence-corrected chi connectivity index (χ0v) is 28.2. The maximum Gasteiger partial charge on any atom is 0.143 e. The number of fused-ring (bicyclic) bond motifs is 9. The summed E-state index contributed by atoms with van der Waals surface area (Å²) < 4.78 is 15.9. The van der Waals surface area contributed by atoms with Gasteiger partial charge in [-0.2, -0.15) is 0 Å². The topological polar surface area (TPSA) is 62.4 Å². The van der Waals surface area contributed by atoms with Gasteiger partial charge in [-0.05, 0) is 29.3 Å². The molecule has 3 unspecified atom stereocenters. The van der Waals surface area contributed by atoms with E-state index >= 15 is 0 Å². The number of thiophene rings is 1. The molecule has 0 saturated carbocycles. The highest BCUT2D eigenvalue weighted by molar-refractivity contribution is 7.26. The summed E-state index contributed by atoms with van der Waals surface area (Å²) in [5.74, 6) is 0. The van der Waals surface area contributed by atoms with E-state index in [1.54, 1.807) is 0 Å². The van der Waals surface area contributed by atoms with Crippen LogP contribution in [0, 0.1) is 0 Å². The molecule has 0 spiro atoms. The van der Waals surface area contributed by atoms with Crippen molar-refractivity contribution in [2.45, 2.75) is 18.5 Å². The number of nitrogens with one attached hydrogen (secondary N) is 3. The average molecular weight is 678 g/mol. The molecule has 1 saturated heterocycles. The van der Waals surface area contributed by atoms with Crippen molar-refractivity contribution in [2.75, 3.05) is 0 Å². The van der Waals surface area contributed by atoms with Gasteiger partial charge in [-0.1, -0.05) is 133 Å². The van der Waals surface area contributed by atoms with Crippen molar-refractivity contribution in [2.24, 2.45) is 0 Å². The Morgan fingerprint density at radius 1 is 0.412 bits per heavy atom. The second kappa shape index (κ2) is 11.4. The summed E-state index contributed by atoms with van der Waals surface area (Å²) in [5.41, 5.74) is 9.22. The van der Waals surface area contributed by atoms with Gasteiger partial charge in [0.1, 0.15) is 22.3 Å². The second-order valence-electron chi connectivity index (χ2n) is 13.3. The number of benzene rings is 7. The van der Waals surface area contributed by atoms with Gasteiger partial charge in [-0.25, -0.2) is 0 Å². The molecule has 244 valence electrons. The molecule has 3 aromatic heterocycles. The minimum Gasteiger partial charge on any atom is -0.456 e. The predicted molar refractivity (Wildman–Crippen MR) is 210 cm³/mol. The van der Waals surface area contributed by atoms with Crippen molar-refractivity contribution in [3.8, 4) is 11.1 Å². The molecule has 10 aromatic rings. The second-order valence-corrected chi connectivity index (χ2v) is 14.4. The van der Waals surface area contributed by atoms with Crippen LogP contribution in [0.1, 0.15) is 35.2 Å². The monoisotopic (exact) mass is 677 g/mol. The molecule has 1 aliphatic heterocycles. The van der Waals surface area contributed by atoms with Crippen LogP contribution in [0.25, 0.3) is 75.2 Å². The predicted octanol–water partition coefficient (Wildman–Crippen LogP) is 11.7. The first kappa shape index (κ1) is 29.0. The molecule has 7 aromatic carbocycles. The van der Waals surface area contributed by atoms with Gasteiger partial charge < -0.3 is 8.83 Å². The van der Waals surface area contributed by atoms with Crippen LogP contribution in [0.5, 0.6) is 0 Å². The summed E-state index contributed by atoms with van der Waals surface area (Å²) in [5, 5.41) is 18.7. The van der Waals surface area contributed by atoms with Gasteiger partial charge >= 0.3 is 0 Å². The molecule has 3 N–H and O–H groups in total.